The second-order valence-corrected chi connectivity index (χ2v) is 7.21. The van der Waals surface area contributed by atoms with E-state index in [0.717, 1.165) is 34.8 Å². The summed E-state index contributed by atoms with van der Waals surface area (Å²) in [4.78, 5) is 12.3. The van der Waals surface area contributed by atoms with Crippen LogP contribution in [-0.2, 0) is 4.79 Å². The van der Waals surface area contributed by atoms with Crippen molar-refractivity contribution in [2.24, 2.45) is 0 Å². The maximum atomic E-state index is 12.3. The summed E-state index contributed by atoms with van der Waals surface area (Å²) < 4.78 is 0. The summed E-state index contributed by atoms with van der Waals surface area (Å²) in [5, 5.41) is 10.9. The molecule has 0 radical (unpaired) electrons. The van der Waals surface area contributed by atoms with E-state index in [0.29, 0.717) is 6.42 Å². The van der Waals surface area contributed by atoms with Gasteiger partial charge in [-0.05, 0) is 37.3 Å². The first-order valence-electron chi connectivity index (χ1n) is 9.27. The van der Waals surface area contributed by atoms with Gasteiger partial charge < -0.3 is 5.32 Å². The van der Waals surface area contributed by atoms with Crippen LogP contribution in [-0.4, -0.2) is 16.0 Å². The lowest BCUT2D eigenvalue weighted by atomic mass is 9.85. The lowest BCUT2D eigenvalue weighted by Gasteiger charge is -2.23. The first kappa shape index (κ1) is 17.3. The third-order valence-corrected chi connectivity index (χ3v) is 5.09. The van der Waals surface area contributed by atoms with E-state index in [9.17, 15) is 4.79 Å². The summed E-state index contributed by atoms with van der Waals surface area (Å²) in [5.41, 5.74) is 6.50. The third-order valence-electron chi connectivity index (χ3n) is 5.09. The number of nitrogens with zero attached hydrogens (tertiary/aromatic N) is 1. The minimum atomic E-state index is 0.155. The second kappa shape index (κ2) is 7.23. The van der Waals surface area contributed by atoms with E-state index in [1.54, 1.807) is 6.08 Å². The van der Waals surface area contributed by atoms with Crippen molar-refractivity contribution in [3.05, 3.63) is 83.2 Å². The van der Waals surface area contributed by atoms with Gasteiger partial charge in [-0.15, -0.1) is 0 Å². The highest BCUT2D eigenvalue weighted by Crippen LogP contribution is 2.35. The number of hydrogen-bond acceptors (Lipinski definition) is 3. The van der Waals surface area contributed by atoms with Crippen LogP contribution in [0.2, 0.25) is 0 Å². The lowest BCUT2D eigenvalue weighted by molar-refractivity contribution is -0.115. The SMILES string of the molecule is Cc1ccc([C@@H]2CC(=O)C=C(Nc3n[nH]c(C)c3-c3ccccc3)C2)cc1. The van der Waals surface area contributed by atoms with Crippen LogP contribution >= 0.6 is 0 Å². The van der Waals surface area contributed by atoms with Gasteiger partial charge in [-0.25, -0.2) is 0 Å². The first-order chi connectivity index (χ1) is 13.1. The van der Waals surface area contributed by atoms with Crippen LogP contribution in [0.4, 0.5) is 5.82 Å². The Labute approximate surface area is 159 Å². The molecule has 1 aliphatic rings. The zero-order valence-electron chi connectivity index (χ0n) is 15.6. The zero-order valence-corrected chi connectivity index (χ0v) is 15.6. The van der Waals surface area contributed by atoms with Gasteiger partial charge in [-0.2, -0.15) is 5.10 Å². The molecular weight excluding hydrogens is 334 g/mol. The molecule has 0 fully saturated rings. The molecule has 136 valence electrons. The van der Waals surface area contributed by atoms with Crippen molar-refractivity contribution >= 4 is 11.6 Å². The van der Waals surface area contributed by atoms with Gasteiger partial charge in [0.05, 0.1) is 0 Å². The van der Waals surface area contributed by atoms with Crippen molar-refractivity contribution in [3.63, 3.8) is 0 Å². The quantitative estimate of drug-likeness (QED) is 0.680. The number of allylic oxidation sites excluding steroid dienone is 2. The van der Waals surface area contributed by atoms with Crippen molar-refractivity contribution in [2.75, 3.05) is 5.32 Å². The Hall–Kier alpha value is -3.14. The van der Waals surface area contributed by atoms with Crippen molar-refractivity contribution < 1.29 is 4.79 Å². The maximum Gasteiger partial charge on any atom is 0.160 e. The molecular formula is C23H23N3O. The molecule has 3 aromatic rings. The highest BCUT2D eigenvalue weighted by molar-refractivity contribution is 5.93. The standard InChI is InChI=1S/C23H23N3O/c1-15-8-10-17(11-9-15)19-12-20(14-21(27)13-19)24-23-22(16(2)25-26-23)18-6-4-3-5-7-18/h3-11,14,19H,12-13H2,1-2H3,(H2,24,25,26)/t19-/m0/s1. The summed E-state index contributed by atoms with van der Waals surface area (Å²) in [5.74, 6) is 1.12. The van der Waals surface area contributed by atoms with Gasteiger partial charge >= 0.3 is 0 Å². The topological polar surface area (TPSA) is 57.8 Å². The fourth-order valence-corrected chi connectivity index (χ4v) is 3.68. The fraction of sp³-hybridized carbons (Fsp3) is 0.217. The fourth-order valence-electron chi connectivity index (χ4n) is 3.68. The van der Waals surface area contributed by atoms with E-state index in [-0.39, 0.29) is 11.7 Å². The zero-order chi connectivity index (χ0) is 18.8. The predicted molar refractivity (Wildman–Crippen MR) is 109 cm³/mol. The molecule has 1 heterocycles. The van der Waals surface area contributed by atoms with Crippen LogP contribution in [0.25, 0.3) is 11.1 Å². The Bertz CT molecular complexity index is 984. The number of rotatable bonds is 4. The van der Waals surface area contributed by atoms with E-state index >= 15 is 0 Å². The number of hydrogen-bond donors (Lipinski definition) is 2. The summed E-state index contributed by atoms with van der Waals surface area (Å²) in [6, 6.07) is 18.6. The summed E-state index contributed by atoms with van der Waals surface area (Å²) >= 11 is 0. The number of carbonyl (C=O) groups excluding carboxylic acids is 1. The average Bonchev–Trinajstić information content (AvgIpc) is 3.02. The van der Waals surface area contributed by atoms with Crippen molar-refractivity contribution in [1.29, 1.82) is 0 Å². The number of carbonyl (C=O) groups is 1. The molecule has 0 bridgehead atoms. The van der Waals surface area contributed by atoms with Gasteiger partial charge in [0, 0.05) is 29.5 Å². The van der Waals surface area contributed by atoms with Crippen LogP contribution in [0.15, 0.2) is 66.4 Å². The Morgan fingerprint density at radius 2 is 1.74 bits per heavy atom. The maximum absolute atomic E-state index is 12.3. The van der Waals surface area contributed by atoms with Crippen LogP contribution in [0.3, 0.4) is 0 Å². The molecule has 1 atom stereocenters. The van der Waals surface area contributed by atoms with Crippen LogP contribution in [0.1, 0.15) is 35.6 Å². The molecule has 0 saturated carbocycles. The molecule has 27 heavy (non-hydrogen) atoms. The molecule has 0 aliphatic heterocycles. The van der Waals surface area contributed by atoms with Gasteiger partial charge in [0.2, 0.25) is 0 Å². The average molecular weight is 357 g/mol. The van der Waals surface area contributed by atoms with E-state index < -0.39 is 0 Å². The number of aromatic nitrogens is 2. The largest absolute Gasteiger partial charge is 0.342 e. The molecule has 0 amide bonds. The Kier molecular flexibility index (Phi) is 4.63. The molecule has 0 saturated heterocycles. The highest BCUT2D eigenvalue weighted by atomic mass is 16.1. The lowest BCUT2D eigenvalue weighted by Crippen LogP contribution is -2.17. The number of nitrogens with one attached hydrogen (secondary N) is 2. The van der Waals surface area contributed by atoms with Gasteiger partial charge in [0.1, 0.15) is 0 Å². The van der Waals surface area contributed by atoms with Crippen LogP contribution < -0.4 is 5.32 Å². The van der Waals surface area contributed by atoms with E-state index in [1.807, 2.05) is 25.1 Å². The number of aromatic amines is 1. The second-order valence-electron chi connectivity index (χ2n) is 7.21. The molecule has 1 aromatic heterocycles. The monoisotopic (exact) mass is 357 g/mol. The number of benzene rings is 2. The van der Waals surface area contributed by atoms with Crippen molar-refractivity contribution in [2.45, 2.75) is 32.6 Å². The minimum absolute atomic E-state index is 0.155. The van der Waals surface area contributed by atoms with Crippen molar-refractivity contribution in [1.82, 2.24) is 10.2 Å². The number of ketones is 1. The van der Waals surface area contributed by atoms with Crippen molar-refractivity contribution in [3.8, 4) is 11.1 Å². The van der Waals surface area contributed by atoms with Gasteiger partial charge in [-0.3, -0.25) is 9.89 Å². The normalized spacial score (nSPS) is 16.9. The minimum Gasteiger partial charge on any atom is -0.342 e. The summed E-state index contributed by atoms with van der Waals surface area (Å²) in [6.45, 7) is 4.09. The molecule has 4 nitrogen and oxygen atoms in total. The predicted octanol–water partition coefficient (Wildman–Crippen LogP) is 5.14. The summed E-state index contributed by atoms with van der Waals surface area (Å²) in [6.07, 6.45) is 3.08. The summed E-state index contributed by atoms with van der Waals surface area (Å²) in [7, 11) is 0. The molecule has 4 rings (SSSR count). The Morgan fingerprint density at radius 3 is 2.48 bits per heavy atom. The van der Waals surface area contributed by atoms with Gasteiger partial charge in [0.15, 0.2) is 11.6 Å². The molecule has 4 heteroatoms. The van der Waals surface area contributed by atoms with Crippen LogP contribution in [0.5, 0.6) is 0 Å². The number of aryl methyl sites for hydroxylation is 2. The smallest absolute Gasteiger partial charge is 0.160 e. The molecule has 1 aliphatic carbocycles. The highest BCUT2D eigenvalue weighted by Gasteiger charge is 2.23. The van der Waals surface area contributed by atoms with E-state index in [1.165, 1.54) is 11.1 Å². The third kappa shape index (κ3) is 3.70. The molecule has 0 spiro atoms. The Balaban J connectivity index is 1.60. The van der Waals surface area contributed by atoms with Gasteiger partial charge in [-0.1, -0.05) is 60.2 Å². The molecule has 2 aromatic carbocycles. The number of H-pyrrole nitrogens is 1. The van der Waals surface area contributed by atoms with E-state index in [2.05, 4.69) is 58.8 Å². The molecule has 0 unspecified atom stereocenters. The number of anilines is 1. The first-order valence-corrected chi connectivity index (χ1v) is 9.27. The Morgan fingerprint density at radius 1 is 1.00 bits per heavy atom. The van der Waals surface area contributed by atoms with Gasteiger partial charge in [0.25, 0.3) is 0 Å². The molecule has 2 N–H and O–H groups in total. The van der Waals surface area contributed by atoms with Crippen LogP contribution in [0, 0.1) is 13.8 Å². The van der Waals surface area contributed by atoms with E-state index in [4.69, 9.17) is 0 Å².